The van der Waals surface area contributed by atoms with Gasteiger partial charge in [-0.1, -0.05) is 6.92 Å². The van der Waals surface area contributed by atoms with Crippen LogP contribution in [0.25, 0.3) is 17.0 Å². The van der Waals surface area contributed by atoms with Crippen molar-refractivity contribution in [1.29, 1.82) is 0 Å². The van der Waals surface area contributed by atoms with Crippen LogP contribution in [0.4, 0.5) is 0 Å². The quantitative estimate of drug-likeness (QED) is 0.685. The number of halogens is 1. The van der Waals surface area contributed by atoms with E-state index in [0.29, 0.717) is 0 Å². The molecule has 0 unspecified atom stereocenters. The molecule has 5 heteroatoms. The lowest BCUT2D eigenvalue weighted by molar-refractivity contribution is 0.317. The Hall–Kier alpha value is -1.88. The fourth-order valence-corrected chi connectivity index (χ4v) is 2.62. The Kier molecular flexibility index (Phi) is 4.16. The zero-order valence-electron chi connectivity index (χ0n) is 12.9. The van der Waals surface area contributed by atoms with E-state index in [-0.39, 0.29) is 0 Å². The molecule has 22 heavy (non-hydrogen) atoms. The Labute approximate surface area is 138 Å². The number of aryl methyl sites for hydroxylation is 2. The number of hydrogen-bond donors (Lipinski definition) is 0. The van der Waals surface area contributed by atoms with Crippen LogP contribution in [0.1, 0.15) is 24.7 Å². The summed E-state index contributed by atoms with van der Waals surface area (Å²) in [5.41, 5.74) is 4.02. The van der Waals surface area contributed by atoms with E-state index in [1.165, 1.54) is 0 Å². The van der Waals surface area contributed by atoms with Crippen LogP contribution in [-0.4, -0.2) is 21.0 Å². The van der Waals surface area contributed by atoms with E-state index in [4.69, 9.17) is 4.74 Å². The molecule has 0 radical (unpaired) electrons. The molecule has 0 spiro atoms. The van der Waals surface area contributed by atoms with Crippen molar-refractivity contribution in [3.05, 3.63) is 46.3 Å². The van der Waals surface area contributed by atoms with Crippen molar-refractivity contribution in [1.82, 2.24) is 14.4 Å². The Morgan fingerprint density at radius 3 is 2.55 bits per heavy atom. The first-order valence-electron chi connectivity index (χ1n) is 7.35. The minimum absolute atomic E-state index is 0.722. The highest BCUT2D eigenvalue weighted by atomic mass is 79.9. The summed E-state index contributed by atoms with van der Waals surface area (Å²) in [5, 5.41) is 0. The summed E-state index contributed by atoms with van der Waals surface area (Å²) >= 11 is 3.57. The second-order valence-corrected chi connectivity index (χ2v) is 6.06. The van der Waals surface area contributed by atoms with Crippen LogP contribution in [0, 0.1) is 13.8 Å². The Balaban J connectivity index is 1.98. The number of benzene rings is 1. The molecule has 0 fully saturated rings. The highest BCUT2D eigenvalue weighted by Gasteiger charge is 2.11. The number of imidazole rings is 1. The van der Waals surface area contributed by atoms with E-state index >= 15 is 0 Å². The Bertz CT molecular complexity index is 809. The van der Waals surface area contributed by atoms with Gasteiger partial charge in [0.25, 0.3) is 0 Å². The molecule has 0 saturated heterocycles. The third kappa shape index (κ3) is 2.73. The number of nitrogens with zero attached hydrogens (tertiary/aromatic N) is 3. The average Bonchev–Trinajstić information content (AvgIpc) is 2.95. The zero-order valence-corrected chi connectivity index (χ0v) is 14.5. The highest BCUT2D eigenvalue weighted by Crippen LogP contribution is 2.25. The number of aromatic nitrogens is 3. The van der Waals surface area contributed by atoms with E-state index < -0.39 is 0 Å². The second-order valence-electron chi connectivity index (χ2n) is 5.27. The summed E-state index contributed by atoms with van der Waals surface area (Å²) in [7, 11) is 0. The number of hydrogen-bond acceptors (Lipinski definition) is 3. The average molecular weight is 360 g/mol. The smallest absolute Gasteiger partial charge is 0.234 e. The maximum atomic E-state index is 5.61. The zero-order chi connectivity index (χ0) is 15.7. The Morgan fingerprint density at radius 1 is 1.14 bits per heavy atom. The van der Waals surface area contributed by atoms with Gasteiger partial charge in [0.15, 0.2) is 0 Å². The van der Waals surface area contributed by atoms with Crippen LogP contribution in [0.3, 0.4) is 0 Å². The Morgan fingerprint density at radius 2 is 1.86 bits per heavy atom. The van der Waals surface area contributed by atoms with Gasteiger partial charge in [-0.2, -0.15) is 0 Å². The van der Waals surface area contributed by atoms with Crippen LogP contribution >= 0.6 is 15.9 Å². The summed E-state index contributed by atoms with van der Waals surface area (Å²) in [6.07, 6.45) is 3.02. The third-order valence-electron chi connectivity index (χ3n) is 3.57. The first kappa shape index (κ1) is 15.0. The molecule has 2 aromatic heterocycles. The van der Waals surface area contributed by atoms with Gasteiger partial charge in [-0.05, 0) is 60.5 Å². The molecule has 0 N–H and O–H groups in total. The minimum Gasteiger partial charge on any atom is -0.494 e. The van der Waals surface area contributed by atoms with Gasteiger partial charge in [0.1, 0.15) is 5.75 Å². The van der Waals surface area contributed by atoms with E-state index in [9.17, 15) is 0 Å². The highest BCUT2D eigenvalue weighted by molar-refractivity contribution is 9.10. The van der Waals surface area contributed by atoms with Crippen LogP contribution in [0.5, 0.6) is 5.75 Å². The van der Waals surface area contributed by atoms with Gasteiger partial charge in [0.05, 0.1) is 22.5 Å². The molecule has 4 nitrogen and oxygen atoms in total. The first-order valence-corrected chi connectivity index (χ1v) is 8.14. The van der Waals surface area contributed by atoms with Gasteiger partial charge >= 0.3 is 0 Å². The minimum atomic E-state index is 0.722. The molecular weight excluding hydrogens is 342 g/mol. The van der Waals surface area contributed by atoms with Crippen molar-refractivity contribution in [3.63, 3.8) is 0 Å². The normalized spacial score (nSPS) is 11.1. The van der Waals surface area contributed by atoms with Crippen molar-refractivity contribution in [2.45, 2.75) is 27.2 Å². The van der Waals surface area contributed by atoms with E-state index in [0.717, 1.165) is 51.7 Å². The standard InChI is InChI=1S/C17H18BrN3O/c1-4-9-22-14-7-5-13(6-8-14)15-10-21-12(3)16(18)11(2)19-17(21)20-15/h5-8,10H,4,9H2,1-3H3. The number of fused-ring (bicyclic) bond motifs is 1. The molecule has 0 aliphatic rings. The molecule has 3 aromatic rings. The SMILES string of the molecule is CCCOc1ccc(-c2cn3c(C)c(Br)c(C)nc3n2)cc1. The summed E-state index contributed by atoms with van der Waals surface area (Å²) in [4.78, 5) is 9.15. The fraction of sp³-hybridized carbons (Fsp3) is 0.294. The van der Waals surface area contributed by atoms with Gasteiger partial charge in [0, 0.05) is 17.5 Å². The maximum Gasteiger partial charge on any atom is 0.234 e. The third-order valence-corrected chi connectivity index (χ3v) is 4.72. The van der Waals surface area contributed by atoms with Crippen molar-refractivity contribution >= 4 is 21.7 Å². The molecule has 0 amide bonds. The summed E-state index contributed by atoms with van der Waals surface area (Å²) < 4.78 is 8.64. The van der Waals surface area contributed by atoms with Gasteiger partial charge in [-0.25, -0.2) is 9.97 Å². The van der Waals surface area contributed by atoms with E-state index in [2.05, 4.69) is 39.7 Å². The summed E-state index contributed by atoms with van der Waals surface area (Å²) in [6.45, 7) is 6.87. The topological polar surface area (TPSA) is 39.4 Å². The maximum absolute atomic E-state index is 5.61. The lowest BCUT2D eigenvalue weighted by Gasteiger charge is -2.04. The predicted octanol–water partition coefficient (Wildman–Crippen LogP) is 4.56. The van der Waals surface area contributed by atoms with Crippen molar-refractivity contribution in [2.24, 2.45) is 0 Å². The molecule has 114 valence electrons. The van der Waals surface area contributed by atoms with Crippen molar-refractivity contribution in [3.8, 4) is 17.0 Å². The number of ether oxygens (including phenoxy) is 1. The van der Waals surface area contributed by atoms with Crippen molar-refractivity contribution < 1.29 is 4.74 Å². The lowest BCUT2D eigenvalue weighted by atomic mass is 10.1. The van der Waals surface area contributed by atoms with E-state index in [1.54, 1.807) is 0 Å². The summed E-state index contributed by atoms with van der Waals surface area (Å²) in [5.74, 6) is 1.61. The molecular formula is C17H18BrN3O. The molecule has 2 heterocycles. The molecule has 0 aliphatic heterocycles. The monoisotopic (exact) mass is 359 g/mol. The van der Waals surface area contributed by atoms with Gasteiger partial charge < -0.3 is 4.74 Å². The van der Waals surface area contributed by atoms with Gasteiger partial charge in [-0.15, -0.1) is 0 Å². The molecule has 0 atom stereocenters. The number of rotatable bonds is 4. The van der Waals surface area contributed by atoms with E-state index in [1.807, 2.05) is 41.8 Å². The van der Waals surface area contributed by atoms with Crippen molar-refractivity contribution in [2.75, 3.05) is 6.61 Å². The molecule has 3 rings (SSSR count). The fourth-order valence-electron chi connectivity index (χ4n) is 2.34. The summed E-state index contributed by atoms with van der Waals surface area (Å²) in [6, 6.07) is 8.03. The molecule has 0 bridgehead atoms. The first-order chi connectivity index (χ1) is 10.6. The predicted molar refractivity (Wildman–Crippen MR) is 91.4 cm³/mol. The van der Waals surface area contributed by atoms with Gasteiger partial charge in [0.2, 0.25) is 5.78 Å². The van der Waals surface area contributed by atoms with Crippen LogP contribution < -0.4 is 4.74 Å². The lowest BCUT2D eigenvalue weighted by Crippen LogP contribution is -1.97. The van der Waals surface area contributed by atoms with Crippen LogP contribution in [-0.2, 0) is 0 Å². The largest absolute Gasteiger partial charge is 0.494 e. The van der Waals surface area contributed by atoms with Crippen LogP contribution in [0.15, 0.2) is 34.9 Å². The van der Waals surface area contributed by atoms with Crippen LogP contribution in [0.2, 0.25) is 0 Å². The second kappa shape index (κ2) is 6.08. The van der Waals surface area contributed by atoms with Gasteiger partial charge in [-0.3, -0.25) is 4.40 Å². The molecule has 0 saturated carbocycles. The molecule has 1 aromatic carbocycles. The molecule has 0 aliphatic carbocycles.